The second kappa shape index (κ2) is 8.90. The fourth-order valence-electron chi connectivity index (χ4n) is 5.19. The monoisotopic (exact) mass is 523 g/mol. The van der Waals surface area contributed by atoms with Crippen LogP contribution in [-0.2, 0) is 6.54 Å². The summed E-state index contributed by atoms with van der Waals surface area (Å²) < 4.78 is 58.2. The van der Waals surface area contributed by atoms with Crippen molar-refractivity contribution in [2.75, 3.05) is 4.90 Å². The largest absolute Gasteiger partial charge is 0.406 e. The van der Waals surface area contributed by atoms with Crippen LogP contribution < -0.4 is 16.4 Å². The maximum atomic E-state index is 14.3. The highest BCUT2D eigenvalue weighted by molar-refractivity contribution is 5.65. The smallest absolute Gasteiger partial charge is 0.337 e. The Balaban J connectivity index is 1.40. The molecule has 4 N–H and O–H groups in total. The van der Waals surface area contributed by atoms with E-state index in [0.717, 1.165) is 16.2 Å². The molecule has 0 spiro atoms. The van der Waals surface area contributed by atoms with E-state index in [1.54, 1.807) is 41.7 Å². The predicted octanol–water partition coefficient (Wildman–Crippen LogP) is 4.69. The summed E-state index contributed by atoms with van der Waals surface area (Å²) in [6.07, 6.45) is -1.80. The Kier molecular flexibility index (Phi) is 5.74. The third-order valence-electron chi connectivity index (χ3n) is 7.37. The van der Waals surface area contributed by atoms with E-state index in [0.29, 0.717) is 22.6 Å². The highest BCUT2D eigenvalue weighted by Gasteiger charge is 2.70. The van der Waals surface area contributed by atoms with Crippen LogP contribution in [0.1, 0.15) is 30.3 Å². The minimum absolute atomic E-state index is 0.0850. The van der Waals surface area contributed by atoms with Crippen LogP contribution in [-0.4, -0.2) is 37.4 Å². The van der Waals surface area contributed by atoms with Gasteiger partial charge in [-0.1, -0.05) is 12.1 Å². The molecule has 4 aromatic rings. The van der Waals surface area contributed by atoms with Crippen molar-refractivity contribution in [3.05, 3.63) is 96.5 Å². The molecule has 0 bridgehead atoms. The third-order valence-corrected chi connectivity index (χ3v) is 7.37. The lowest BCUT2D eigenvalue weighted by Crippen LogP contribution is -2.67. The summed E-state index contributed by atoms with van der Waals surface area (Å²) in [4.78, 5) is 11.6. The van der Waals surface area contributed by atoms with Gasteiger partial charge in [-0.25, -0.2) is 19.3 Å². The molecule has 38 heavy (non-hydrogen) atoms. The lowest BCUT2D eigenvalue weighted by Gasteiger charge is -2.50. The summed E-state index contributed by atoms with van der Waals surface area (Å²) in [6, 6.07) is 16.9. The standard InChI is InChI=1S/C27H25F4N7/c28-19-5-3-18(4-6-19)21-9-10-22-23(35-21)24(32)38(26(11-12-26)27(29,30)31)25(33)37(22)15-17-1-7-20(8-2-17)36-14-13-34-16-36/h1-10,13-14,16,24-25H,11-12,15,32-33H2. The summed E-state index contributed by atoms with van der Waals surface area (Å²) >= 11 is 0. The van der Waals surface area contributed by atoms with E-state index >= 15 is 0 Å². The van der Waals surface area contributed by atoms with Gasteiger partial charge in [0.25, 0.3) is 0 Å². The van der Waals surface area contributed by atoms with Gasteiger partial charge in [-0.15, -0.1) is 0 Å². The van der Waals surface area contributed by atoms with Gasteiger partial charge in [0.15, 0.2) is 0 Å². The van der Waals surface area contributed by atoms with E-state index in [4.69, 9.17) is 11.5 Å². The number of alkyl halides is 3. The summed E-state index contributed by atoms with van der Waals surface area (Å²) in [5.41, 5.74) is 14.7. The fourth-order valence-corrected chi connectivity index (χ4v) is 5.19. The van der Waals surface area contributed by atoms with Gasteiger partial charge in [0.1, 0.15) is 23.8 Å². The maximum absolute atomic E-state index is 14.3. The number of hydrogen-bond donors (Lipinski definition) is 2. The van der Waals surface area contributed by atoms with Crippen molar-refractivity contribution in [3.63, 3.8) is 0 Å². The average molecular weight is 524 g/mol. The minimum atomic E-state index is -4.51. The Morgan fingerprint density at radius 1 is 0.947 bits per heavy atom. The molecule has 6 rings (SSSR count). The normalized spacial score (nSPS) is 20.8. The van der Waals surface area contributed by atoms with E-state index in [2.05, 4.69) is 9.97 Å². The average Bonchev–Trinajstić information content (AvgIpc) is 3.53. The molecule has 0 amide bonds. The molecular formula is C27H25F4N7. The lowest BCUT2D eigenvalue weighted by atomic mass is 10.0. The minimum Gasteiger partial charge on any atom is -0.337 e. The Labute approximate surface area is 216 Å². The zero-order chi connectivity index (χ0) is 26.7. The van der Waals surface area contributed by atoms with E-state index in [9.17, 15) is 17.6 Å². The molecule has 196 valence electrons. The van der Waals surface area contributed by atoms with E-state index in [1.807, 2.05) is 35.0 Å². The van der Waals surface area contributed by atoms with Crippen LogP contribution >= 0.6 is 0 Å². The number of fused-ring (bicyclic) bond motifs is 1. The molecule has 0 radical (unpaired) electrons. The fraction of sp³-hybridized carbons (Fsp3) is 0.259. The molecule has 7 nitrogen and oxygen atoms in total. The number of halogens is 4. The topological polar surface area (TPSA) is 89.2 Å². The highest BCUT2D eigenvalue weighted by atomic mass is 19.4. The summed E-state index contributed by atoms with van der Waals surface area (Å²) in [6.45, 7) is 0.243. The van der Waals surface area contributed by atoms with E-state index < -0.39 is 30.0 Å². The van der Waals surface area contributed by atoms with Crippen molar-refractivity contribution in [3.8, 4) is 16.9 Å². The third kappa shape index (κ3) is 4.03. The van der Waals surface area contributed by atoms with Gasteiger partial charge in [0.05, 0.1) is 23.4 Å². The van der Waals surface area contributed by atoms with Crippen LogP contribution in [0.2, 0.25) is 0 Å². The predicted molar refractivity (Wildman–Crippen MR) is 134 cm³/mol. The number of pyridine rings is 1. The first-order valence-electron chi connectivity index (χ1n) is 12.2. The van der Waals surface area contributed by atoms with E-state index in [1.165, 1.54) is 12.1 Å². The first kappa shape index (κ1) is 24.5. The number of rotatable bonds is 5. The molecule has 2 aromatic carbocycles. The molecular weight excluding hydrogens is 498 g/mol. The van der Waals surface area contributed by atoms with Crippen molar-refractivity contribution in [2.24, 2.45) is 11.5 Å². The van der Waals surface area contributed by atoms with Gasteiger partial charge in [-0.05, 0) is 66.9 Å². The van der Waals surface area contributed by atoms with Crippen LogP contribution in [0.15, 0.2) is 79.4 Å². The molecule has 2 aromatic heterocycles. The number of anilines is 1. The number of nitrogens with two attached hydrogens (primary N) is 2. The van der Waals surface area contributed by atoms with Gasteiger partial charge >= 0.3 is 6.18 Å². The first-order chi connectivity index (χ1) is 18.2. The molecule has 2 atom stereocenters. The SMILES string of the molecule is NC1c2nc(-c3ccc(F)cc3)ccc2N(Cc2ccc(-n3ccnc3)cc2)C(N)N1C1(C(F)(F)F)CC1. The second-order valence-electron chi connectivity index (χ2n) is 9.67. The number of nitrogens with zero attached hydrogens (tertiary/aromatic N) is 5. The highest BCUT2D eigenvalue weighted by Crippen LogP contribution is 2.57. The van der Waals surface area contributed by atoms with Crippen molar-refractivity contribution in [1.29, 1.82) is 0 Å². The second-order valence-corrected chi connectivity index (χ2v) is 9.67. The number of aromatic nitrogens is 3. The lowest BCUT2D eigenvalue weighted by molar-refractivity contribution is -0.211. The molecule has 2 aliphatic rings. The van der Waals surface area contributed by atoms with Crippen LogP contribution in [0.5, 0.6) is 0 Å². The van der Waals surface area contributed by atoms with Gasteiger partial charge in [0, 0.05) is 30.2 Å². The Hall–Kier alpha value is -3.80. The Morgan fingerprint density at radius 2 is 1.66 bits per heavy atom. The van der Waals surface area contributed by atoms with Crippen molar-refractivity contribution >= 4 is 5.69 Å². The van der Waals surface area contributed by atoms with Crippen molar-refractivity contribution in [2.45, 2.75) is 43.6 Å². The van der Waals surface area contributed by atoms with Gasteiger partial charge in [-0.3, -0.25) is 5.73 Å². The zero-order valence-electron chi connectivity index (χ0n) is 20.2. The Morgan fingerprint density at radius 3 is 2.26 bits per heavy atom. The summed E-state index contributed by atoms with van der Waals surface area (Å²) in [5, 5.41) is 0. The van der Waals surface area contributed by atoms with Crippen molar-refractivity contribution in [1.82, 2.24) is 19.4 Å². The quantitative estimate of drug-likeness (QED) is 0.369. The molecule has 3 heterocycles. The van der Waals surface area contributed by atoms with Crippen LogP contribution in [0.4, 0.5) is 23.2 Å². The molecule has 2 unspecified atom stereocenters. The van der Waals surface area contributed by atoms with Crippen LogP contribution in [0.25, 0.3) is 16.9 Å². The number of benzene rings is 2. The molecule has 0 saturated heterocycles. The maximum Gasteiger partial charge on any atom is 0.406 e. The number of hydrogen-bond acceptors (Lipinski definition) is 6. The van der Waals surface area contributed by atoms with Gasteiger partial charge in [-0.2, -0.15) is 13.2 Å². The number of imidazole rings is 1. The molecule has 1 aliphatic heterocycles. The zero-order valence-corrected chi connectivity index (χ0v) is 20.2. The molecule has 1 aliphatic carbocycles. The van der Waals surface area contributed by atoms with Crippen molar-refractivity contribution < 1.29 is 17.6 Å². The van der Waals surface area contributed by atoms with Gasteiger partial charge < -0.3 is 15.2 Å². The van der Waals surface area contributed by atoms with Crippen LogP contribution in [0.3, 0.4) is 0 Å². The first-order valence-corrected chi connectivity index (χ1v) is 12.2. The molecule has 1 fully saturated rings. The van der Waals surface area contributed by atoms with Crippen LogP contribution in [0, 0.1) is 5.82 Å². The molecule has 11 heteroatoms. The Bertz CT molecular complexity index is 1430. The summed E-state index contributed by atoms with van der Waals surface area (Å²) in [5.74, 6) is -0.397. The van der Waals surface area contributed by atoms with E-state index in [-0.39, 0.29) is 19.4 Å². The summed E-state index contributed by atoms with van der Waals surface area (Å²) in [7, 11) is 0. The molecule has 1 saturated carbocycles. The van der Waals surface area contributed by atoms with Gasteiger partial charge in [0.2, 0.25) is 0 Å².